The predicted octanol–water partition coefficient (Wildman–Crippen LogP) is 5.16. The van der Waals surface area contributed by atoms with Crippen LogP contribution in [-0.2, 0) is 10.2 Å². The van der Waals surface area contributed by atoms with E-state index in [1.54, 1.807) is 6.07 Å². The average molecular weight is 406 g/mol. The Balaban J connectivity index is 2.02. The van der Waals surface area contributed by atoms with Crippen molar-refractivity contribution < 1.29 is 14.3 Å². The smallest absolute Gasteiger partial charge is 0.262 e. The molecule has 2 rings (SSSR count). The maximum absolute atomic E-state index is 12.2. The molecule has 0 spiro atoms. The second-order valence-corrected chi connectivity index (χ2v) is 7.60. The van der Waals surface area contributed by atoms with Crippen LogP contribution in [0, 0.1) is 0 Å². The zero-order valence-electron chi connectivity index (χ0n) is 15.1. The molecule has 25 heavy (non-hydrogen) atoms. The molecule has 0 aliphatic carbocycles. The monoisotopic (exact) mass is 405 g/mol. The molecule has 0 aliphatic heterocycles. The normalized spacial score (nSPS) is 11.1. The van der Waals surface area contributed by atoms with Crippen LogP contribution in [0.1, 0.15) is 33.3 Å². The molecule has 0 atom stereocenters. The number of carbonyl (C=O) groups excluding carboxylic acids is 1. The van der Waals surface area contributed by atoms with Crippen LogP contribution in [0.25, 0.3) is 0 Å². The van der Waals surface area contributed by atoms with Gasteiger partial charge in [0.2, 0.25) is 0 Å². The number of anilines is 1. The zero-order valence-corrected chi connectivity index (χ0v) is 16.6. The van der Waals surface area contributed by atoms with Crippen LogP contribution in [-0.4, -0.2) is 19.1 Å². The molecule has 5 heteroatoms. The molecule has 1 amide bonds. The van der Waals surface area contributed by atoms with E-state index in [0.717, 1.165) is 15.8 Å². The van der Waals surface area contributed by atoms with Crippen molar-refractivity contribution in [1.29, 1.82) is 0 Å². The summed E-state index contributed by atoms with van der Waals surface area (Å²) >= 11 is 3.49. The zero-order chi connectivity index (χ0) is 18.4. The van der Waals surface area contributed by atoms with E-state index in [1.165, 1.54) is 0 Å². The summed E-state index contributed by atoms with van der Waals surface area (Å²) in [5.74, 6) is 1.23. The summed E-state index contributed by atoms with van der Waals surface area (Å²) in [6.45, 7) is 8.79. The van der Waals surface area contributed by atoms with Crippen LogP contribution in [0.4, 0.5) is 5.69 Å². The van der Waals surface area contributed by atoms with Crippen molar-refractivity contribution in [2.24, 2.45) is 0 Å². The number of ether oxygens (including phenoxy) is 2. The third-order valence-electron chi connectivity index (χ3n) is 3.54. The van der Waals surface area contributed by atoms with Crippen molar-refractivity contribution in [1.82, 2.24) is 0 Å². The van der Waals surface area contributed by atoms with Gasteiger partial charge in [0.25, 0.3) is 5.91 Å². The van der Waals surface area contributed by atoms with E-state index < -0.39 is 0 Å². The van der Waals surface area contributed by atoms with Crippen LogP contribution >= 0.6 is 15.9 Å². The maximum Gasteiger partial charge on any atom is 0.262 e. The molecule has 1 N–H and O–H groups in total. The van der Waals surface area contributed by atoms with E-state index in [-0.39, 0.29) is 17.9 Å². The Morgan fingerprint density at radius 2 is 1.88 bits per heavy atom. The molecule has 4 nitrogen and oxygen atoms in total. The first-order valence-corrected chi connectivity index (χ1v) is 9.04. The number of hydrogen-bond acceptors (Lipinski definition) is 3. The molecule has 0 unspecified atom stereocenters. The summed E-state index contributed by atoms with van der Waals surface area (Å²) in [6.07, 6.45) is 0. The molecule has 0 bridgehead atoms. The minimum atomic E-state index is -0.212. The minimum absolute atomic E-state index is 0.0520. The van der Waals surface area contributed by atoms with E-state index in [9.17, 15) is 4.79 Å². The molecule has 2 aromatic carbocycles. The van der Waals surface area contributed by atoms with Crippen molar-refractivity contribution in [2.75, 3.05) is 18.5 Å². The van der Waals surface area contributed by atoms with Gasteiger partial charge in [0.1, 0.15) is 11.5 Å². The van der Waals surface area contributed by atoms with Gasteiger partial charge in [0.05, 0.1) is 6.61 Å². The summed E-state index contributed by atoms with van der Waals surface area (Å²) in [6, 6.07) is 13.1. The molecule has 0 fully saturated rings. The second-order valence-electron chi connectivity index (χ2n) is 6.69. The van der Waals surface area contributed by atoms with Gasteiger partial charge in [-0.05, 0) is 42.7 Å². The SMILES string of the molecule is CCOc1cccc(NC(=O)COc2ccc(Br)cc2C(C)(C)C)c1. The number of hydrogen-bond donors (Lipinski definition) is 1. The Bertz CT molecular complexity index is 738. The van der Waals surface area contributed by atoms with Crippen molar-refractivity contribution in [2.45, 2.75) is 33.1 Å². The largest absolute Gasteiger partial charge is 0.494 e. The molecular formula is C20H24BrNO3. The van der Waals surface area contributed by atoms with E-state index in [4.69, 9.17) is 9.47 Å². The number of amides is 1. The second kappa shape index (κ2) is 8.39. The van der Waals surface area contributed by atoms with Gasteiger partial charge in [-0.1, -0.05) is 42.8 Å². The molecule has 2 aromatic rings. The fraction of sp³-hybridized carbons (Fsp3) is 0.350. The number of rotatable bonds is 6. The molecule has 0 aromatic heterocycles. The number of carbonyl (C=O) groups is 1. The van der Waals surface area contributed by atoms with Crippen LogP contribution in [0.5, 0.6) is 11.5 Å². The van der Waals surface area contributed by atoms with Gasteiger partial charge in [0, 0.05) is 21.8 Å². The lowest BCUT2D eigenvalue weighted by Crippen LogP contribution is -2.22. The average Bonchev–Trinajstić information content (AvgIpc) is 2.53. The van der Waals surface area contributed by atoms with Crippen LogP contribution < -0.4 is 14.8 Å². The summed E-state index contributed by atoms with van der Waals surface area (Å²) < 4.78 is 12.2. The van der Waals surface area contributed by atoms with Gasteiger partial charge >= 0.3 is 0 Å². The number of nitrogens with one attached hydrogen (secondary N) is 1. The van der Waals surface area contributed by atoms with Crippen molar-refractivity contribution in [3.8, 4) is 11.5 Å². The van der Waals surface area contributed by atoms with Crippen LogP contribution in [0.2, 0.25) is 0 Å². The summed E-state index contributed by atoms with van der Waals surface area (Å²) in [4.78, 5) is 12.2. The third-order valence-corrected chi connectivity index (χ3v) is 4.03. The molecule has 0 radical (unpaired) electrons. The summed E-state index contributed by atoms with van der Waals surface area (Å²) in [7, 11) is 0. The summed E-state index contributed by atoms with van der Waals surface area (Å²) in [5.41, 5.74) is 1.65. The van der Waals surface area contributed by atoms with Gasteiger partial charge in [-0.3, -0.25) is 4.79 Å². The fourth-order valence-electron chi connectivity index (χ4n) is 2.38. The number of benzene rings is 2. The van der Waals surface area contributed by atoms with Gasteiger partial charge < -0.3 is 14.8 Å². The first kappa shape index (κ1) is 19.3. The molecule has 0 saturated carbocycles. The third kappa shape index (κ3) is 5.78. The van der Waals surface area contributed by atoms with Gasteiger partial charge in [0.15, 0.2) is 6.61 Å². The van der Waals surface area contributed by atoms with E-state index in [2.05, 4.69) is 42.0 Å². The van der Waals surface area contributed by atoms with Crippen molar-refractivity contribution in [3.63, 3.8) is 0 Å². The molecule has 134 valence electrons. The first-order valence-electron chi connectivity index (χ1n) is 8.25. The lowest BCUT2D eigenvalue weighted by Gasteiger charge is -2.23. The minimum Gasteiger partial charge on any atom is -0.494 e. The van der Waals surface area contributed by atoms with Gasteiger partial charge in [-0.2, -0.15) is 0 Å². The standard InChI is InChI=1S/C20H24BrNO3/c1-5-24-16-8-6-7-15(12-16)22-19(23)13-25-18-10-9-14(21)11-17(18)20(2,3)4/h6-12H,5,13H2,1-4H3,(H,22,23). The van der Waals surface area contributed by atoms with E-state index in [1.807, 2.05) is 43.3 Å². The topological polar surface area (TPSA) is 47.6 Å². The van der Waals surface area contributed by atoms with E-state index >= 15 is 0 Å². The van der Waals surface area contributed by atoms with Crippen molar-refractivity contribution >= 4 is 27.5 Å². The Hall–Kier alpha value is -2.01. The van der Waals surface area contributed by atoms with Crippen LogP contribution in [0.15, 0.2) is 46.9 Å². The highest BCUT2D eigenvalue weighted by atomic mass is 79.9. The lowest BCUT2D eigenvalue weighted by atomic mass is 9.86. The van der Waals surface area contributed by atoms with Crippen LogP contribution in [0.3, 0.4) is 0 Å². The van der Waals surface area contributed by atoms with Crippen molar-refractivity contribution in [3.05, 3.63) is 52.5 Å². The van der Waals surface area contributed by atoms with E-state index in [0.29, 0.717) is 18.0 Å². The van der Waals surface area contributed by atoms with Gasteiger partial charge in [-0.25, -0.2) is 0 Å². The molecular weight excluding hydrogens is 382 g/mol. The molecule has 0 aliphatic rings. The van der Waals surface area contributed by atoms with Gasteiger partial charge in [-0.15, -0.1) is 0 Å². The predicted molar refractivity (Wildman–Crippen MR) is 105 cm³/mol. The highest BCUT2D eigenvalue weighted by Gasteiger charge is 2.20. The maximum atomic E-state index is 12.2. The quantitative estimate of drug-likeness (QED) is 0.721. The fourth-order valence-corrected chi connectivity index (χ4v) is 2.75. The lowest BCUT2D eigenvalue weighted by molar-refractivity contribution is -0.118. The number of halogens is 1. The Morgan fingerprint density at radius 1 is 1.12 bits per heavy atom. The Kier molecular flexibility index (Phi) is 6.48. The Labute approximate surface area is 157 Å². The highest BCUT2D eigenvalue weighted by Crippen LogP contribution is 2.33. The first-order chi connectivity index (χ1) is 11.8. The highest BCUT2D eigenvalue weighted by molar-refractivity contribution is 9.10. The summed E-state index contributed by atoms with van der Waals surface area (Å²) in [5, 5.41) is 2.83. The Morgan fingerprint density at radius 3 is 2.56 bits per heavy atom. The molecule has 0 heterocycles. The molecule has 0 saturated heterocycles.